The van der Waals surface area contributed by atoms with Gasteiger partial charge in [0.2, 0.25) is 0 Å². The van der Waals surface area contributed by atoms with Gasteiger partial charge in [0.05, 0.1) is 16.1 Å². The molecular weight excluding hydrogens is 291 g/mol. The summed E-state index contributed by atoms with van der Waals surface area (Å²) in [6.07, 6.45) is 0.215. The van der Waals surface area contributed by atoms with Crippen LogP contribution < -0.4 is 5.73 Å². The molecule has 14 heavy (non-hydrogen) atoms. The molecule has 4 heteroatoms. The number of phenols is 1. The third-order valence-electron chi connectivity index (χ3n) is 1.95. The lowest BCUT2D eigenvalue weighted by Crippen LogP contribution is -2.10. The van der Waals surface area contributed by atoms with Crippen molar-refractivity contribution in [1.29, 1.82) is 5.26 Å². The number of hydrogen-bond donors (Lipinski definition) is 2. The monoisotopic (exact) mass is 302 g/mol. The average molecular weight is 302 g/mol. The minimum atomic E-state index is -0.409. The molecule has 0 aromatic heterocycles. The molecule has 0 aliphatic carbocycles. The summed E-state index contributed by atoms with van der Waals surface area (Å²) in [7, 11) is 0. The Bertz CT molecular complexity index is 384. The van der Waals surface area contributed by atoms with Gasteiger partial charge in [-0.2, -0.15) is 5.26 Å². The lowest BCUT2D eigenvalue weighted by molar-refractivity contribution is 0.458. The molecule has 0 aliphatic heterocycles. The number of nitriles is 1. The highest BCUT2D eigenvalue weighted by Gasteiger charge is 2.13. The molecule has 1 aromatic carbocycles. The Balaban J connectivity index is 3.14. The third-order valence-corrected chi connectivity index (χ3v) is 2.77. The molecule has 74 valence electrons. The first-order valence-electron chi connectivity index (χ1n) is 4.17. The fourth-order valence-electron chi connectivity index (χ4n) is 1.25. The van der Waals surface area contributed by atoms with Gasteiger partial charge in [-0.1, -0.05) is 6.07 Å². The van der Waals surface area contributed by atoms with Crippen molar-refractivity contribution in [2.45, 2.75) is 19.4 Å². The van der Waals surface area contributed by atoms with E-state index in [0.29, 0.717) is 5.56 Å². The Morgan fingerprint density at radius 1 is 1.64 bits per heavy atom. The van der Waals surface area contributed by atoms with Crippen LogP contribution in [0.15, 0.2) is 12.1 Å². The van der Waals surface area contributed by atoms with Gasteiger partial charge in [0, 0.05) is 11.6 Å². The van der Waals surface area contributed by atoms with Crippen LogP contribution >= 0.6 is 22.6 Å². The van der Waals surface area contributed by atoms with E-state index in [1.54, 1.807) is 0 Å². The first-order chi connectivity index (χ1) is 6.56. The third kappa shape index (κ3) is 2.36. The molecule has 0 fully saturated rings. The largest absolute Gasteiger partial charge is 0.506 e. The lowest BCUT2D eigenvalue weighted by atomic mass is 10.0. The number of halogens is 1. The van der Waals surface area contributed by atoms with Gasteiger partial charge in [0.15, 0.2) is 0 Å². The maximum absolute atomic E-state index is 9.72. The highest BCUT2D eigenvalue weighted by molar-refractivity contribution is 14.1. The van der Waals surface area contributed by atoms with Gasteiger partial charge >= 0.3 is 0 Å². The van der Waals surface area contributed by atoms with E-state index in [1.807, 2.05) is 47.7 Å². The van der Waals surface area contributed by atoms with Crippen LogP contribution in [0.3, 0.4) is 0 Å². The zero-order valence-corrected chi connectivity index (χ0v) is 9.95. The topological polar surface area (TPSA) is 70.0 Å². The van der Waals surface area contributed by atoms with Crippen LogP contribution in [0.5, 0.6) is 5.75 Å². The molecular formula is C10H11IN2O. The first kappa shape index (κ1) is 11.3. The molecule has 0 amide bonds. The van der Waals surface area contributed by atoms with Crippen molar-refractivity contribution in [3.63, 3.8) is 0 Å². The van der Waals surface area contributed by atoms with Crippen LogP contribution in [0, 0.1) is 21.8 Å². The summed E-state index contributed by atoms with van der Waals surface area (Å²) < 4.78 is 0.769. The molecule has 0 saturated carbocycles. The van der Waals surface area contributed by atoms with Crippen LogP contribution in [-0.2, 0) is 0 Å². The Morgan fingerprint density at radius 3 is 2.86 bits per heavy atom. The van der Waals surface area contributed by atoms with E-state index in [2.05, 4.69) is 0 Å². The fraction of sp³-hybridized carbons (Fsp3) is 0.300. The molecule has 0 saturated heterocycles. The molecule has 0 heterocycles. The number of benzene rings is 1. The second-order valence-corrected chi connectivity index (χ2v) is 4.32. The van der Waals surface area contributed by atoms with Crippen LogP contribution in [0.4, 0.5) is 0 Å². The maximum atomic E-state index is 9.72. The van der Waals surface area contributed by atoms with Crippen molar-refractivity contribution < 1.29 is 5.11 Å². The zero-order chi connectivity index (χ0) is 10.7. The van der Waals surface area contributed by atoms with E-state index in [-0.39, 0.29) is 12.2 Å². The molecule has 3 N–H and O–H groups in total. The number of hydrogen-bond acceptors (Lipinski definition) is 3. The average Bonchev–Trinajstić information content (AvgIpc) is 2.11. The maximum Gasteiger partial charge on any atom is 0.133 e. The summed E-state index contributed by atoms with van der Waals surface area (Å²) in [5, 5.41) is 18.2. The summed E-state index contributed by atoms with van der Waals surface area (Å²) >= 11 is 2.05. The van der Waals surface area contributed by atoms with Gasteiger partial charge in [0.25, 0.3) is 0 Å². The Morgan fingerprint density at radius 2 is 2.29 bits per heavy atom. The van der Waals surface area contributed by atoms with Gasteiger partial charge in [-0.15, -0.1) is 0 Å². The quantitative estimate of drug-likeness (QED) is 0.823. The van der Waals surface area contributed by atoms with E-state index in [9.17, 15) is 5.11 Å². The Hall–Kier alpha value is -0.800. The highest BCUT2D eigenvalue weighted by Crippen LogP contribution is 2.30. The van der Waals surface area contributed by atoms with Crippen LogP contribution in [0.25, 0.3) is 0 Å². The summed E-state index contributed by atoms with van der Waals surface area (Å²) in [5.74, 6) is 0.193. The van der Waals surface area contributed by atoms with E-state index in [1.165, 1.54) is 0 Å². The molecule has 0 aliphatic rings. The van der Waals surface area contributed by atoms with E-state index in [4.69, 9.17) is 11.0 Å². The fourth-order valence-corrected chi connectivity index (χ4v) is 2.06. The van der Waals surface area contributed by atoms with Crippen molar-refractivity contribution in [2.24, 2.45) is 5.73 Å². The van der Waals surface area contributed by atoms with Crippen molar-refractivity contribution >= 4 is 22.6 Å². The van der Waals surface area contributed by atoms with Crippen LogP contribution in [0.1, 0.15) is 23.6 Å². The van der Waals surface area contributed by atoms with Gasteiger partial charge in [0.1, 0.15) is 5.75 Å². The summed E-state index contributed by atoms with van der Waals surface area (Å²) in [6.45, 7) is 1.93. The standard InChI is InChI=1S/C10H11IN2O/c1-6-4-7(9(13)2-3-12)10(14)8(11)5-6/h4-5,9,14H,2,13H2,1H3. The minimum absolute atomic E-state index is 0.193. The summed E-state index contributed by atoms with van der Waals surface area (Å²) in [5.41, 5.74) is 7.44. The van der Waals surface area contributed by atoms with Crippen molar-refractivity contribution in [3.05, 3.63) is 26.8 Å². The van der Waals surface area contributed by atoms with E-state index < -0.39 is 6.04 Å². The molecule has 0 radical (unpaired) electrons. The smallest absolute Gasteiger partial charge is 0.133 e. The van der Waals surface area contributed by atoms with Crippen molar-refractivity contribution in [1.82, 2.24) is 0 Å². The highest BCUT2D eigenvalue weighted by atomic mass is 127. The molecule has 0 spiro atoms. The number of rotatable bonds is 2. The second-order valence-electron chi connectivity index (χ2n) is 3.15. The number of nitrogens with two attached hydrogens (primary N) is 1. The Labute approximate surface area is 96.7 Å². The molecule has 1 atom stereocenters. The zero-order valence-electron chi connectivity index (χ0n) is 7.79. The van der Waals surface area contributed by atoms with Crippen LogP contribution in [0.2, 0.25) is 0 Å². The number of aromatic hydroxyl groups is 1. The number of aryl methyl sites for hydroxylation is 1. The van der Waals surface area contributed by atoms with Crippen LogP contribution in [-0.4, -0.2) is 5.11 Å². The summed E-state index contributed by atoms with van der Waals surface area (Å²) in [4.78, 5) is 0. The first-order valence-corrected chi connectivity index (χ1v) is 5.25. The molecule has 1 unspecified atom stereocenters. The molecule has 1 rings (SSSR count). The van der Waals surface area contributed by atoms with E-state index in [0.717, 1.165) is 9.13 Å². The van der Waals surface area contributed by atoms with Gasteiger partial charge in [-0.25, -0.2) is 0 Å². The van der Waals surface area contributed by atoms with E-state index >= 15 is 0 Å². The number of phenolic OH excluding ortho intramolecular Hbond substituents is 1. The number of nitrogens with zero attached hydrogens (tertiary/aromatic N) is 1. The predicted octanol–water partition coefficient (Wildman–Crippen LogP) is 2.22. The lowest BCUT2D eigenvalue weighted by Gasteiger charge is -2.12. The summed E-state index contributed by atoms with van der Waals surface area (Å²) in [6, 6.07) is 5.28. The normalized spacial score (nSPS) is 12.1. The predicted molar refractivity (Wildman–Crippen MR) is 62.7 cm³/mol. The Kier molecular flexibility index (Phi) is 3.72. The van der Waals surface area contributed by atoms with Gasteiger partial charge < -0.3 is 10.8 Å². The minimum Gasteiger partial charge on any atom is -0.506 e. The van der Waals surface area contributed by atoms with Gasteiger partial charge in [-0.05, 0) is 41.1 Å². The molecule has 3 nitrogen and oxygen atoms in total. The molecule has 1 aromatic rings. The second kappa shape index (κ2) is 4.62. The molecule has 0 bridgehead atoms. The van der Waals surface area contributed by atoms with Gasteiger partial charge in [-0.3, -0.25) is 0 Å². The van der Waals surface area contributed by atoms with Crippen molar-refractivity contribution in [2.75, 3.05) is 0 Å². The van der Waals surface area contributed by atoms with Crippen molar-refractivity contribution in [3.8, 4) is 11.8 Å². The SMILES string of the molecule is Cc1cc(I)c(O)c(C(N)CC#N)c1.